The standard InChI is InChI=1S/C30H19BrN2O4/c1-16-20-11-9-18(31)13-25(20)36-28(16)30(34)35-19-10-12-23-26(14-19)37-29(33)24(15-32)27(23)22-8-4-6-17-5-2-3-7-21(17)22/h2-14,27H,33H2,1H3. The van der Waals surface area contributed by atoms with Crippen LogP contribution in [0.3, 0.4) is 0 Å². The Labute approximate surface area is 220 Å². The highest BCUT2D eigenvalue weighted by Crippen LogP contribution is 2.45. The second kappa shape index (κ2) is 8.84. The number of allylic oxidation sites excluding steroid dienone is 1. The summed E-state index contributed by atoms with van der Waals surface area (Å²) in [5, 5.41) is 12.9. The van der Waals surface area contributed by atoms with Gasteiger partial charge in [-0.1, -0.05) is 64.5 Å². The molecular formula is C30H19BrN2O4. The van der Waals surface area contributed by atoms with E-state index in [2.05, 4.69) is 22.0 Å². The molecule has 1 atom stereocenters. The maximum absolute atomic E-state index is 13.0. The minimum atomic E-state index is -0.618. The second-order valence-electron chi connectivity index (χ2n) is 8.78. The number of hydrogen-bond acceptors (Lipinski definition) is 6. The van der Waals surface area contributed by atoms with Crippen molar-refractivity contribution in [2.75, 3.05) is 0 Å². The number of nitrogens with two attached hydrogens (primary N) is 1. The Bertz CT molecular complexity index is 1810. The Morgan fingerprint density at radius 2 is 1.81 bits per heavy atom. The average molecular weight is 551 g/mol. The molecule has 1 aliphatic heterocycles. The van der Waals surface area contributed by atoms with Crippen LogP contribution < -0.4 is 15.2 Å². The highest BCUT2D eigenvalue weighted by molar-refractivity contribution is 9.10. The van der Waals surface area contributed by atoms with E-state index in [1.807, 2.05) is 61.5 Å². The number of rotatable bonds is 3. The highest BCUT2D eigenvalue weighted by Gasteiger charge is 2.32. The number of esters is 1. The van der Waals surface area contributed by atoms with Gasteiger partial charge in [-0.05, 0) is 47.5 Å². The van der Waals surface area contributed by atoms with E-state index in [9.17, 15) is 10.1 Å². The van der Waals surface area contributed by atoms with E-state index in [1.54, 1.807) is 24.3 Å². The van der Waals surface area contributed by atoms with Gasteiger partial charge in [0, 0.05) is 27.1 Å². The molecule has 5 aromatic rings. The van der Waals surface area contributed by atoms with E-state index in [1.165, 1.54) is 0 Å². The average Bonchev–Trinajstić information content (AvgIpc) is 3.23. The van der Waals surface area contributed by atoms with Crippen LogP contribution in [0.5, 0.6) is 11.5 Å². The van der Waals surface area contributed by atoms with Crippen LogP contribution in [0.25, 0.3) is 21.7 Å². The number of hydrogen-bond donors (Lipinski definition) is 1. The summed E-state index contributed by atoms with van der Waals surface area (Å²) in [4.78, 5) is 13.0. The number of ether oxygens (including phenoxy) is 2. The minimum absolute atomic E-state index is 0.0233. The number of halogens is 1. The summed E-state index contributed by atoms with van der Waals surface area (Å²) in [7, 11) is 0. The molecule has 7 heteroatoms. The molecule has 2 N–H and O–H groups in total. The Kier molecular flexibility index (Phi) is 5.47. The normalized spacial score (nSPS) is 14.8. The van der Waals surface area contributed by atoms with Gasteiger partial charge in [-0.2, -0.15) is 5.26 Å². The van der Waals surface area contributed by atoms with Crippen molar-refractivity contribution >= 4 is 43.6 Å². The van der Waals surface area contributed by atoms with Gasteiger partial charge in [0.15, 0.2) is 0 Å². The van der Waals surface area contributed by atoms with E-state index in [-0.39, 0.29) is 17.4 Å². The largest absolute Gasteiger partial charge is 0.449 e. The fourth-order valence-corrected chi connectivity index (χ4v) is 5.21. The molecular weight excluding hydrogens is 532 g/mol. The number of fused-ring (bicyclic) bond motifs is 3. The molecule has 1 aromatic heterocycles. The molecule has 0 saturated heterocycles. The Hall–Kier alpha value is -4.54. The van der Waals surface area contributed by atoms with Gasteiger partial charge in [0.2, 0.25) is 11.6 Å². The van der Waals surface area contributed by atoms with E-state index in [4.69, 9.17) is 19.6 Å². The minimum Gasteiger partial charge on any atom is -0.449 e. The molecule has 180 valence electrons. The summed E-state index contributed by atoms with van der Waals surface area (Å²) in [5.41, 5.74) is 9.52. The van der Waals surface area contributed by atoms with Crippen molar-refractivity contribution in [1.29, 1.82) is 5.26 Å². The summed E-state index contributed by atoms with van der Waals surface area (Å²) >= 11 is 3.42. The summed E-state index contributed by atoms with van der Waals surface area (Å²) in [6, 6.07) is 26.9. The second-order valence-corrected chi connectivity index (χ2v) is 9.69. The first-order valence-corrected chi connectivity index (χ1v) is 12.3. The van der Waals surface area contributed by atoms with Crippen molar-refractivity contribution in [2.24, 2.45) is 5.73 Å². The van der Waals surface area contributed by atoms with Crippen molar-refractivity contribution in [1.82, 2.24) is 0 Å². The van der Waals surface area contributed by atoms with Crippen LogP contribution in [0.2, 0.25) is 0 Å². The van der Waals surface area contributed by atoms with Gasteiger partial charge >= 0.3 is 5.97 Å². The van der Waals surface area contributed by atoms with Gasteiger partial charge in [-0.15, -0.1) is 0 Å². The maximum Gasteiger partial charge on any atom is 0.379 e. The smallest absolute Gasteiger partial charge is 0.379 e. The third kappa shape index (κ3) is 3.83. The zero-order chi connectivity index (χ0) is 25.7. The first kappa shape index (κ1) is 22.9. The fourth-order valence-electron chi connectivity index (χ4n) is 4.87. The first-order valence-electron chi connectivity index (χ1n) is 11.5. The van der Waals surface area contributed by atoms with Crippen molar-refractivity contribution in [3.63, 3.8) is 0 Å². The lowest BCUT2D eigenvalue weighted by Gasteiger charge is -2.27. The predicted molar refractivity (Wildman–Crippen MR) is 143 cm³/mol. The van der Waals surface area contributed by atoms with E-state index < -0.39 is 11.9 Å². The molecule has 0 spiro atoms. The molecule has 37 heavy (non-hydrogen) atoms. The van der Waals surface area contributed by atoms with Gasteiger partial charge in [-0.3, -0.25) is 0 Å². The van der Waals surface area contributed by atoms with Gasteiger partial charge in [-0.25, -0.2) is 4.79 Å². The van der Waals surface area contributed by atoms with Crippen molar-refractivity contribution in [3.05, 3.63) is 117 Å². The van der Waals surface area contributed by atoms with Crippen LogP contribution in [-0.2, 0) is 0 Å². The number of carbonyl (C=O) groups excluding carboxylic acids is 1. The molecule has 0 fully saturated rings. The molecule has 0 aliphatic carbocycles. The lowest BCUT2D eigenvalue weighted by atomic mass is 9.81. The van der Waals surface area contributed by atoms with Gasteiger partial charge < -0.3 is 19.6 Å². The lowest BCUT2D eigenvalue weighted by Crippen LogP contribution is -2.21. The molecule has 1 unspecified atom stereocenters. The van der Waals surface area contributed by atoms with Crippen LogP contribution in [0, 0.1) is 18.3 Å². The lowest BCUT2D eigenvalue weighted by molar-refractivity contribution is 0.0702. The van der Waals surface area contributed by atoms with Crippen LogP contribution in [-0.4, -0.2) is 5.97 Å². The third-order valence-corrected chi connectivity index (χ3v) is 7.11. The van der Waals surface area contributed by atoms with E-state index >= 15 is 0 Å². The quantitative estimate of drug-likeness (QED) is 0.190. The molecule has 0 bridgehead atoms. The number of nitrogens with zero attached hydrogens (tertiary/aromatic N) is 1. The Balaban J connectivity index is 1.39. The van der Waals surface area contributed by atoms with Crippen molar-refractivity contribution in [2.45, 2.75) is 12.8 Å². The van der Waals surface area contributed by atoms with E-state index in [0.717, 1.165) is 31.8 Å². The molecule has 0 amide bonds. The molecule has 0 radical (unpaired) electrons. The van der Waals surface area contributed by atoms with Crippen LogP contribution in [0.4, 0.5) is 0 Å². The van der Waals surface area contributed by atoms with Gasteiger partial charge in [0.25, 0.3) is 0 Å². The molecule has 0 saturated carbocycles. The highest BCUT2D eigenvalue weighted by atomic mass is 79.9. The van der Waals surface area contributed by atoms with Crippen LogP contribution in [0.1, 0.15) is 33.2 Å². The Morgan fingerprint density at radius 1 is 1.00 bits per heavy atom. The van der Waals surface area contributed by atoms with Crippen molar-refractivity contribution in [3.8, 4) is 17.6 Å². The van der Waals surface area contributed by atoms with Gasteiger partial charge in [0.1, 0.15) is 28.7 Å². The SMILES string of the molecule is Cc1c(C(=O)Oc2ccc3c(c2)OC(N)=C(C#N)C3c2cccc3ccccc23)oc2cc(Br)ccc12. The first-order chi connectivity index (χ1) is 17.9. The number of benzene rings is 4. The fraction of sp³-hybridized carbons (Fsp3) is 0.0667. The summed E-state index contributed by atoms with van der Waals surface area (Å²) in [6.45, 7) is 1.82. The van der Waals surface area contributed by atoms with Crippen molar-refractivity contribution < 1.29 is 18.7 Å². The number of nitriles is 1. The topological polar surface area (TPSA) is 98.5 Å². The van der Waals surface area contributed by atoms with Crippen LogP contribution >= 0.6 is 15.9 Å². The van der Waals surface area contributed by atoms with E-state index in [0.29, 0.717) is 22.5 Å². The zero-order valence-electron chi connectivity index (χ0n) is 19.6. The number of carbonyl (C=O) groups is 1. The molecule has 6 nitrogen and oxygen atoms in total. The summed E-state index contributed by atoms with van der Waals surface area (Å²) in [5.74, 6) is -0.200. The molecule has 2 heterocycles. The van der Waals surface area contributed by atoms with Crippen LogP contribution in [0.15, 0.2) is 99.2 Å². The monoisotopic (exact) mass is 550 g/mol. The third-order valence-electron chi connectivity index (χ3n) is 6.62. The molecule has 4 aromatic carbocycles. The number of furan rings is 1. The Morgan fingerprint density at radius 3 is 2.65 bits per heavy atom. The summed E-state index contributed by atoms with van der Waals surface area (Å²) < 4.78 is 18.1. The summed E-state index contributed by atoms with van der Waals surface area (Å²) in [6.07, 6.45) is 0. The predicted octanol–water partition coefficient (Wildman–Crippen LogP) is 7.09. The zero-order valence-corrected chi connectivity index (χ0v) is 21.2. The molecule has 6 rings (SSSR count). The van der Waals surface area contributed by atoms with Gasteiger partial charge in [0.05, 0.1) is 5.92 Å². The molecule has 1 aliphatic rings. The maximum atomic E-state index is 13.0. The number of aryl methyl sites for hydroxylation is 1.